The second-order valence-electron chi connectivity index (χ2n) is 5.12. The molecule has 3 heterocycles. The highest BCUT2D eigenvalue weighted by Gasteiger charge is 2.21. The van der Waals surface area contributed by atoms with E-state index in [1.165, 1.54) is 0 Å². The van der Waals surface area contributed by atoms with Crippen molar-refractivity contribution in [2.45, 2.75) is 20.8 Å². The molecule has 0 aliphatic rings. The van der Waals surface area contributed by atoms with Gasteiger partial charge in [-0.25, -0.2) is 9.78 Å². The van der Waals surface area contributed by atoms with Gasteiger partial charge in [-0.2, -0.15) is 0 Å². The lowest BCUT2D eigenvalue weighted by molar-refractivity contribution is 0.0525. The van der Waals surface area contributed by atoms with Gasteiger partial charge < -0.3 is 9.72 Å². The van der Waals surface area contributed by atoms with Gasteiger partial charge in [0.05, 0.1) is 23.6 Å². The van der Waals surface area contributed by atoms with Gasteiger partial charge in [0.25, 0.3) is 0 Å². The molecule has 1 N–H and O–H groups in total. The van der Waals surface area contributed by atoms with Crippen LogP contribution >= 0.6 is 11.3 Å². The molecular formula is C17H17N3O2S. The number of esters is 1. The average Bonchev–Trinajstić information content (AvgIpc) is 3.13. The summed E-state index contributed by atoms with van der Waals surface area (Å²) in [4.78, 5) is 24.1. The average molecular weight is 327 g/mol. The van der Waals surface area contributed by atoms with E-state index in [2.05, 4.69) is 15.0 Å². The molecule has 3 aromatic rings. The summed E-state index contributed by atoms with van der Waals surface area (Å²) in [6.45, 7) is 5.95. The van der Waals surface area contributed by atoms with E-state index in [4.69, 9.17) is 4.74 Å². The smallest absolute Gasteiger partial charge is 0.340 e. The van der Waals surface area contributed by atoms with Crippen LogP contribution < -0.4 is 0 Å². The second-order valence-corrected chi connectivity index (χ2v) is 5.98. The summed E-state index contributed by atoms with van der Waals surface area (Å²) in [5.74, 6) is -0.297. The number of aryl methyl sites for hydroxylation is 1. The Balaban J connectivity index is 1.99. The lowest BCUT2D eigenvalue weighted by Gasteiger charge is -2.02. The zero-order valence-corrected chi connectivity index (χ0v) is 14.0. The van der Waals surface area contributed by atoms with Gasteiger partial charge in [0, 0.05) is 29.0 Å². The van der Waals surface area contributed by atoms with Gasteiger partial charge in [-0.15, -0.1) is 11.3 Å². The van der Waals surface area contributed by atoms with Crippen molar-refractivity contribution in [1.29, 1.82) is 0 Å². The maximum absolute atomic E-state index is 12.1. The second kappa shape index (κ2) is 6.34. The van der Waals surface area contributed by atoms with E-state index < -0.39 is 0 Å². The van der Waals surface area contributed by atoms with Crippen molar-refractivity contribution in [2.75, 3.05) is 6.61 Å². The number of carbonyl (C=O) groups excluding carboxylic acids is 1. The lowest BCUT2D eigenvalue weighted by Crippen LogP contribution is -2.06. The minimum Gasteiger partial charge on any atom is -0.462 e. The van der Waals surface area contributed by atoms with Crippen molar-refractivity contribution in [3.63, 3.8) is 0 Å². The molecule has 0 aliphatic carbocycles. The quantitative estimate of drug-likeness (QED) is 0.736. The summed E-state index contributed by atoms with van der Waals surface area (Å²) in [5, 5.41) is 2.91. The molecule has 0 bridgehead atoms. The van der Waals surface area contributed by atoms with Crippen LogP contribution in [-0.4, -0.2) is 27.5 Å². The fraction of sp³-hybridized carbons (Fsp3) is 0.235. The number of hydrogen-bond donors (Lipinski definition) is 1. The third-order valence-corrected chi connectivity index (χ3v) is 4.50. The first-order valence-corrected chi connectivity index (χ1v) is 8.22. The summed E-state index contributed by atoms with van der Waals surface area (Å²) in [5.41, 5.74) is 4.99. The van der Waals surface area contributed by atoms with Crippen LogP contribution in [0.1, 0.15) is 28.5 Å². The van der Waals surface area contributed by atoms with Crippen molar-refractivity contribution in [3.05, 3.63) is 46.7 Å². The molecule has 118 valence electrons. The van der Waals surface area contributed by atoms with Crippen molar-refractivity contribution in [2.24, 2.45) is 0 Å². The maximum atomic E-state index is 12.1. The number of aromatic nitrogens is 3. The monoisotopic (exact) mass is 327 g/mol. The summed E-state index contributed by atoms with van der Waals surface area (Å²) in [6.07, 6.45) is 3.50. The first-order chi connectivity index (χ1) is 11.1. The summed E-state index contributed by atoms with van der Waals surface area (Å²) in [6, 6.07) is 3.86. The Morgan fingerprint density at radius 3 is 2.74 bits per heavy atom. The maximum Gasteiger partial charge on any atom is 0.340 e. The van der Waals surface area contributed by atoms with Gasteiger partial charge >= 0.3 is 5.97 Å². The highest BCUT2D eigenvalue weighted by atomic mass is 32.1. The molecule has 0 amide bonds. The highest BCUT2D eigenvalue weighted by Crippen LogP contribution is 2.32. The van der Waals surface area contributed by atoms with E-state index in [0.717, 1.165) is 33.2 Å². The van der Waals surface area contributed by atoms with Crippen LogP contribution in [-0.2, 0) is 4.74 Å². The van der Waals surface area contributed by atoms with E-state index in [0.29, 0.717) is 12.2 Å². The predicted octanol–water partition coefficient (Wildman–Crippen LogP) is 3.99. The van der Waals surface area contributed by atoms with E-state index >= 15 is 0 Å². The number of H-pyrrole nitrogens is 1. The third kappa shape index (κ3) is 2.90. The number of ether oxygens (including phenoxy) is 1. The molecule has 0 saturated heterocycles. The highest BCUT2D eigenvalue weighted by molar-refractivity contribution is 7.13. The van der Waals surface area contributed by atoms with Crippen LogP contribution in [0.3, 0.4) is 0 Å². The van der Waals surface area contributed by atoms with Crippen LogP contribution in [0, 0.1) is 13.8 Å². The standard InChI is InChI=1S/C17H17N3O2S/c1-4-22-17(21)14-10(2)15(19-11(14)3)13-9-23-16(20-13)12-5-7-18-8-6-12/h5-9,19H,4H2,1-3H3. The van der Waals surface area contributed by atoms with Gasteiger partial charge in [0.1, 0.15) is 5.01 Å². The zero-order chi connectivity index (χ0) is 16.4. The summed E-state index contributed by atoms with van der Waals surface area (Å²) >= 11 is 1.56. The van der Waals surface area contributed by atoms with Crippen LogP contribution in [0.2, 0.25) is 0 Å². The third-order valence-electron chi connectivity index (χ3n) is 3.60. The van der Waals surface area contributed by atoms with Crippen LogP contribution in [0.15, 0.2) is 29.9 Å². The molecule has 0 aliphatic heterocycles. The largest absolute Gasteiger partial charge is 0.462 e. The fourth-order valence-electron chi connectivity index (χ4n) is 2.53. The van der Waals surface area contributed by atoms with Gasteiger partial charge in [-0.3, -0.25) is 4.98 Å². The summed E-state index contributed by atoms with van der Waals surface area (Å²) < 4.78 is 5.13. The molecule has 0 fully saturated rings. The number of hydrogen-bond acceptors (Lipinski definition) is 5. The molecule has 0 spiro atoms. The Morgan fingerprint density at radius 1 is 1.30 bits per heavy atom. The predicted molar refractivity (Wildman–Crippen MR) is 90.6 cm³/mol. The van der Waals surface area contributed by atoms with Crippen molar-refractivity contribution in [3.8, 4) is 22.0 Å². The number of thiazole rings is 1. The van der Waals surface area contributed by atoms with Crippen LogP contribution in [0.5, 0.6) is 0 Å². The minimum absolute atomic E-state index is 0.297. The number of rotatable bonds is 4. The molecular weight excluding hydrogens is 310 g/mol. The number of nitrogens with zero attached hydrogens (tertiary/aromatic N) is 2. The van der Waals surface area contributed by atoms with E-state index in [-0.39, 0.29) is 5.97 Å². The van der Waals surface area contributed by atoms with Gasteiger partial charge in [-0.1, -0.05) is 0 Å². The number of nitrogens with one attached hydrogen (secondary N) is 1. The van der Waals surface area contributed by atoms with Crippen LogP contribution in [0.4, 0.5) is 0 Å². The molecule has 23 heavy (non-hydrogen) atoms. The topological polar surface area (TPSA) is 67.9 Å². The number of aromatic amines is 1. The van der Waals surface area contributed by atoms with E-state index in [9.17, 15) is 4.79 Å². The van der Waals surface area contributed by atoms with Gasteiger partial charge in [-0.05, 0) is 38.5 Å². The Morgan fingerprint density at radius 2 is 2.04 bits per heavy atom. The molecule has 0 saturated carbocycles. The Hall–Kier alpha value is -2.47. The first kappa shape index (κ1) is 15.4. The van der Waals surface area contributed by atoms with Gasteiger partial charge in [0.15, 0.2) is 0 Å². The molecule has 0 aromatic carbocycles. The SMILES string of the molecule is CCOC(=O)c1c(C)[nH]c(-c2csc(-c3ccncc3)n2)c1C. The normalized spacial score (nSPS) is 10.7. The van der Waals surface area contributed by atoms with Gasteiger partial charge in [0.2, 0.25) is 0 Å². The molecule has 0 atom stereocenters. The number of pyridine rings is 1. The lowest BCUT2D eigenvalue weighted by atomic mass is 10.1. The Bertz CT molecular complexity index is 837. The van der Waals surface area contributed by atoms with E-state index in [1.54, 1.807) is 30.7 Å². The number of carbonyl (C=O) groups is 1. The Kier molecular flexibility index (Phi) is 4.25. The van der Waals surface area contributed by atoms with Crippen molar-refractivity contribution < 1.29 is 9.53 Å². The molecule has 3 rings (SSSR count). The minimum atomic E-state index is -0.297. The Labute approximate surface area is 138 Å². The van der Waals surface area contributed by atoms with Crippen molar-refractivity contribution >= 4 is 17.3 Å². The zero-order valence-electron chi connectivity index (χ0n) is 13.2. The molecule has 6 heteroatoms. The molecule has 5 nitrogen and oxygen atoms in total. The molecule has 0 unspecified atom stereocenters. The van der Waals surface area contributed by atoms with E-state index in [1.807, 2.05) is 31.4 Å². The molecule has 3 aromatic heterocycles. The summed E-state index contributed by atoms with van der Waals surface area (Å²) in [7, 11) is 0. The van der Waals surface area contributed by atoms with Crippen LogP contribution in [0.25, 0.3) is 22.0 Å². The fourth-order valence-corrected chi connectivity index (χ4v) is 3.35. The van der Waals surface area contributed by atoms with Crippen molar-refractivity contribution in [1.82, 2.24) is 15.0 Å². The first-order valence-electron chi connectivity index (χ1n) is 7.34. The molecule has 0 radical (unpaired) electrons.